The number of Topliss-reactive ketones (excluding diaryl/α,β-unsaturated/α-hetero) is 1. The molecule has 1 aromatic heterocycles. The van der Waals surface area contributed by atoms with Gasteiger partial charge in [0.2, 0.25) is 0 Å². The van der Waals surface area contributed by atoms with Gasteiger partial charge in [0.05, 0.1) is 5.69 Å². The standard InChI is InChI=1S/C20H23N3O3/c1-20(2)11-16-14(17(24)12-20)10-15(19(26)23(16)22(3)4)21-18(25)13-8-6-5-7-9-13/h5-10H,11-12H2,1-4H3,(H,21,25). The van der Waals surface area contributed by atoms with E-state index in [0.29, 0.717) is 29.7 Å². The zero-order valence-corrected chi connectivity index (χ0v) is 15.5. The van der Waals surface area contributed by atoms with Gasteiger partial charge in [0.25, 0.3) is 11.5 Å². The minimum atomic E-state index is -0.378. The van der Waals surface area contributed by atoms with Crippen molar-refractivity contribution in [1.29, 1.82) is 0 Å². The maximum absolute atomic E-state index is 13.0. The zero-order chi connectivity index (χ0) is 19.1. The molecule has 0 saturated heterocycles. The lowest BCUT2D eigenvalue weighted by Gasteiger charge is -2.34. The molecule has 26 heavy (non-hydrogen) atoms. The van der Waals surface area contributed by atoms with E-state index in [1.54, 1.807) is 43.4 Å². The van der Waals surface area contributed by atoms with Crippen LogP contribution in [-0.2, 0) is 6.42 Å². The van der Waals surface area contributed by atoms with Gasteiger partial charge in [-0.05, 0) is 30.0 Å². The smallest absolute Gasteiger partial charge is 0.293 e. The Morgan fingerprint density at radius 3 is 2.38 bits per heavy atom. The average Bonchev–Trinajstić information content (AvgIpc) is 2.55. The van der Waals surface area contributed by atoms with E-state index in [1.165, 1.54) is 10.7 Å². The Morgan fingerprint density at radius 2 is 1.77 bits per heavy atom. The Kier molecular flexibility index (Phi) is 4.44. The third-order valence-corrected chi connectivity index (χ3v) is 4.55. The predicted molar refractivity (Wildman–Crippen MR) is 102 cm³/mol. The number of rotatable bonds is 3. The summed E-state index contributed by atoms with van der Waals surface area (Å²) in [4.78, 5) is 38.1. The van der Waals surface area contributed by atoms with E-state index in [1.807, 2.05) is 19.9 Å². The van der Waals surface area contributed by atoms with E-state index >= 15 is 0 Å². The maximum atomic E-state index is 13.0. The van der Waals surface area contributed by atoms with Crippen LogP contribution in [0, 0.1) is 5.41 Å². The van der Waals surface area contributed by atoms with E-state index in [2.05, 4.69) is 5.32 Å². The second kappa shape index (κ2) is 6.44. The fraction of sp³-hybridized carbons (Fsp3) is 0.350. The topological polar surface area (TPSA) is 71.4 Å². The van der Waals surface area contributed by atoms with Gasteiger partial charge in [-0.3, -0.25) is 14.4 Å². The van der Waals surface area contributed by atoms with Crippen molar-refractivity contribution in [3.05, 3.63) is 63.6 Å². The summed E-state index contributed by atoms with van der Waals surface area (Å²) < 4.78 is 1.48. The Hall–Kier alpha value is -2.89. The van der Waals surface area contributed by atoms with Gasteiger partial charge in [0, 0.05) is 31.6 Å². The number of nitrogens with one attached hydrogen (secondary N) is 1. The van der Waals surface area contributed by atoms with E-state index in [4.69, 9.17) is 0 Å². The Bertz CT molecular complexity index is 927. The summed E-state index contributed by atoms with van der Waals surface area (Å²) in [5.41, 5.74) is 1.21. The van der Waals surface area contributed by atoms with Gasteiger partial charge in [-0.1, -0.05) is 32.0 Å². The molecule has 1 N–H and O–H groups in total. The number of pyridine rings is 1. The highest BCUT2D eigenvalue weighted by Gasteiger charge is 2.34. The van der Waals surface area contributed by atoms with Crippen LogP contribution in [0.25, 0.3) is 0 Å². The third-order valence-electron chi connectivity index (χ3n) is 4.55. The van der Waals surface area contributed by atoms with E-state index in [-0.39, 0.29) is 28.4 Å². The second-order valence-corrected chi connectivity index (χ2v) is 7.64. The SMILES string of the molecule is CN(C)n1c2c(cc(NC(=O)c3ccccc3)c1=O)C(=O)CC(C)(C)C2. The van der Waals surface area contributed by atoms with Crippen LogP contribution in [0.3, 0.4) is 0 Å². The van der Waals surface area contributed by atoms with Crippen LogP contribution in [0.5, 0.6) is 0 Å². The number of anilines is 1. The molecule has 0 bridgehead atoms. The van der Waals surface area contributed by atoms with Gasteiger partial charge in [-0.2, -0.15) is 0 Å². The number of hydrogen-bond donors (Lipinski definition) is 1. The van der Waals surface area contributed by atoms with Gasteiger partial charge in [0.1, 0.15) is 5.69 Å². The fourth-order valence-corrected chi connectivity index (χ4v) is 3.39. The van der Waals surface area contributed by atoms with Gasteiger partial charge in [-0.25, -0.2) is 4.68 Å². The molecule has 1 heterocycles. The second-order valence-electron chi connectivity index (χ2n) is 7.64. The molecule has 0 unspecified atom stereocenters. The van der Waals surface area contributed by atoms with Crippen LogP contribution < -0.4 is 15.9 Å². The summed E-state index contributed by atoms with van der Waals surface area (Å²) in [7, 11) is 3.49. The number of hydrogen-bond acceptors (Lipinski definition) is 4. The summed E-state index contributed by atoms with van der Waals surface area (Å²) in [6.07, 6.45) is 1.03. The van der Waals surface area contributed by atoms with Crippen LogP contribution in [0.1, 0.15) is 46.7 Å². The lowest BCUT2D eigenvalue weighted by molar-refractivity contribution is 0.0906. The predicted octanol–water partition coefficient (Wildman–Crippen LogP) is 2.45. The minimum Gasteiger partial charge on any atom is -0.317 e. The first-order valence-corrected chi connectivity index (χ1v) is 8.56. The first-order chi connectivity index (χ1) is 12.2. The number of amides is 1. The Labute approximate surface area is 152 Å². The van der Waals surface area contributed by atoms with Crippen LogP contribution in [0.2, 0.25) is 0 Å². The number of aromatic nitrogens is 1. The Morgan fingerprint density at radius 1 is 1.12 bits per heavy atom. The molecule has 0 atom stereocenters. The molecule has 1 amide bonds. The molecule has 6 heteroatoms. The zero-order valence-electron chi connectivity index (χ0n) is 15.5. The molecule has 0 aliphatic heterocycles. The number of carbonyl (C=O) groups excluding carboxylic acids is 2. The van der Waals surface area contributed by atoms with Gasteiger partial charge >= 0.3 is 0 Å². The molecule has 0 fully saturated rings. The highest BCUT2D eigenvalue weighted by atomic mass is 16.2. The monoisotopic (exact) mass is 353 g/mol. The molecule has 3 rings (SSSR count). The van der Waals surface area contributed by atoms with Crippen molar-refractivity contribution in [2.45, 2.75) is 26.7 Å². The number of benzene rings is 1. The normalized spacial score (nSPS) is 15.3. The molecular formula is C20H23N3O3. The molecule has 1 aliphatic rings. The molecule has 1 aromatic carbocycles. The number of nitrogens with zero attached hydrogens (tertiary/aromatic N) is 2. The third kappa shape index (κ3) is 3.27. The summed E-state index contributed by atoms with van der Waals surface area (Å²) in [5.74, 6) is -0.390. The van der Waals surface area contributed by atoms with Crippen molar-refractivity contribution in [1.82, 2.24) is 4.68 Å². The number of fused-ring (bicyclic) bond motifs is 1. The summed E-state index contributed by atoms with van der Waals surface area (Å²) >= 11 is 0. The van der Waals surface area contributed by atoms with Crippen molar-refractivity contribution in [2.75, 3.05) is 24.4 Å². The minimum absolute atomic E-state index is 0.0120. The number of carbonyl (C=O) groups is 2. The molecule has 0 saturated carbocycles. The quantitative estimate of drug-likeness (QED) is 0.920. The molecule has 6 nitrogen and oxygen atoms in total. The van der Waals surface area contributed by atoms with Crippen molar-refractivity contribution in [2.24, 2.45) is 5.41 Å². The van der Waals surface area contributed by atoms with E-state index in [0.717, 1.165) is 0 Å². The van der Waals surface area contributed by atoms with Crippen LogP contribution in [0.15, 0.2) is 41.2 Å². The van der Waals surface area contributed by atoms with Crippen molar-refractivity contribution >= 4 is 17.4 Å². The molecule has 2 aromatic rings. The first kappa shape index (κ1) is 17.9. The summed E-state index contributed by atoms with van der Waals surface area (Å²) in [6, 6.07) is 10.2. The molecule has 0 radical (unpaired) electrons. The van der Waals surface area contributed by atoms with Crippen LogP contribution >= 0.6 is 0 Å². The number of ketones is 1. The summed E-state index contributed by atoms with van der Waals surface area (Å²) in [5, 5.41) is 4.31. The van der Waals surface area contributed by atoms with Crippen LogP contribution in [0.4, 0.5) is 5.69 Å². The fourth-order valence-electron chi connectivity index (χ4n) is 3.39. The van der Waals surface area contributed by atoms with Crippen LogP contribution in [-0.4, -0.2) is 30.5 Å². The Balaban J connectivity index is 2.10. The average molecular weight is 353 g/mol. The first-order valence-electron chi connectivity index (χ1n) is 8.56. The van der Waals surface area contributed by atoms with Gasteiger partial charge in [0.15, 0.2) is 5.78 Å². The lowest BCUT2D eigenvalue weighted by atomic mass is 9.75. The summed E-state index contributed by atoms with van der Waals surface area (Å²) in [6.45, 7) is 4.03. The molecule has 136 valence electrons. The lowest BCUT2D eigenvalue weighted by Crippen LogP contribution is -2.44. The highest BCUT2D eigenvalue weighted by molar-refractivity contribution is 6.05. The largest absolute Gasteiger partial charge is 0.317 e. The van der Waals surface area contributed by atoms with Crippen molar-refractivity contribution in [3.8, 4) is 0 Å². The van der Waals surface area contributed by atoms with Gasteiger partial charge in [-0.15, -0.1) is 0 Å². The van der Waals surface area contributed by atoms with E-state index in [9.17, 15) is 14.4 Å². The highest BCUT2D eigenvalue weighted by Crippen LogP contribution is 2.34. The van der Waals surface area contributed by atoms with E-state index < -0.39 is 0 Å². The van der Waals surface area contributed by atoms with Gasteiger partial charge < -0.3 is 10.3 Å². The van der Waals surface area contributed by atoms with Crippen molar-refractivity contribution in [3.63, 3.8) is 0 Å². The molecule has 1 aliphatic carbocycles. The van der Waals surface area contributed by atoms with Crippen molar-refractivity contribution < 1.29 is 9.59 Å². The molecule has 0 spiro atoms. The maximum Gasteiger partial charge on any atom is 0.293 e. The molecular weight excluding hydrogens is 330 g/mol.